The van der Waals surface area contributed by atoms with Crippen LogP contribution in [-0.4, -0.2) is 61.9 Å². The lowest BCUT2D eigenvalue weighted by atomic mass is 9.96. The predicted molar refractivity (Wildman–Crippen MR) is 138 cm³/mol. The van der Waals surface area contributed by atoms with Crippen molar-refractivity contribution in [3.63, 3.8) is 0 Å². The van der Waals surface area contributed by atoms with Crippen LogP contribution in [-0.2, 0) is 13.2 Å². The fourth-order valence-electron chi connectivity index (χ4n) is 4.68. The van der Waals surface area contributed by atoms with Crippen LogP contribution in [0.3, 0.4) is 0 Å². The summed E-state index contributed by atoms with van der Waals surface area (Å²) in [4.78, 5) is 6.92. The summed E-state index contributed by atoms with van der Waals surface area (Å²) in [6.07, 6.45) is 5.86. The molecule has 0 saturated carbocycles. The summed E-state index contributed by atoms with van der Waals surface area (Å²) in [5.41, 5.74) is 2.92. The third kappa shape index (κ3) is 4.79. The maximum Gasteiger partial charge on any atom is 0.169 e. The molecule has 0 aliphatic carbocycles. The number of methoxy groups -OCH3 is 2. The maximum absolute atomic E-state index is 5.70. The van der Waals surface area contributed by atoms with E-state index in [9.17, 15) is 0 Å². The quantitative estimate of drug-likeness (QED) is 0.394. The number of fused-ring (bicyclic) bond motifs is 1. The SMILES string of the molecule is COc1cccc(CNC(=S)N2CCC(c3nccn3Cn3nnc4ccccc43)CC2)c1OC. The van der Waals surface area contributed by atoms with Gasteiger partial charge in [-0.1, -0.05) is 29.5 Å². The Morgan fingerprint density at radius 1 is 1.09 bits per heavy atom. The van der Waals surface area contributed by atoms with Crippen LogP contribution in [0.1, 0.15) is 30.1 Å². The van der Waals surface area contributed by atoms with Crippen LogP contribution in [0.15, 0.2) is 54.9 Å². The number of thiocarbonyl (C=S) groups is 1. The number of rotatable bonds is 7. The van der Waals surface area contributed by atoms with Crippen LogP contribution in [0, 0.1) is 0 Å². The zero-order valence-corrected chi connectivity index (χ0v) is 20.7. The highest BCUT2D eigenvalue weighted by Gasteiger charge is 2.25. The monoisotopic (exact) mass is 491 g/mol. The molecule has 0 atom stereocenters. The van der Waals surface area contributed by atoms with Gasteiger partial charge in [0, 0.05) is 43.5 Å². The first-order chi connectivity index (χ1) is 17.2. The highest BCUT2D eigenvalue weighted by atomic mass is 32.1. The van der Waals surface area contributed by atoms with Gasteiger partial charge in [-0.25, -0.2) is 9.67 Å². The molecule has 2 aromatic carbocycles. The van der Waals surface area contributed by atoms with Crippen molar-refractivity contribution in [1.82, 2.24) is 34.8 Å². The number of piperidine rings is 1. The molecule has 35 heavy (non-hydrogen) atoms. The lowest BCUT2D eigenvalue weighted by molar-refractivity contribution is 0.297. The molecule has 0 radical (unpaired) electrons. The Balaban J connectivity index is 1.19. The van der Waals surface area contributed by atoms with E-state index in [1.54, 1.807) is 14.2 Å². The largest absolute Gasteiger partial charge is 0.493 e. The summed E-state index contributed by atoms with van der Waals surface area (Å²) in [5, 5.41) is 12.7. The fourth-order valence-corrected chi connectivity index (χ4v) is 4.94. The molecule has 1 N–H and O–H groups in total. The average Bonchev–Trinajstić information content (AvgIpc) is 3.54. The van der Waals surface area contributed by atoms with Gasteiger partial charge in [0.2, 0.25) is 0 Å². The summed E-state index contributed by atoms with van der Waals surface area (Å²) in [5.74, 6) is 2.91. The van der Waals surface area contributed by atoms with Gasteiger partial charge in [-0.2, -0.15) is 0 Å². The molecule has 0 amide bonds. The van der Waals surface area contributed by atoms with Crippen molar-refractivity contribution in [2.75, 3.05) is 27.3 Å². The van der Waals surface area contributed by atoms with E-state index >= 15 is 0 Å². The van der Waals surface area contributed by atoms with Gasteiger partial charge >= 0.3 is 0 Å². The molecule has 9 nitrogen and oxygen atoms in total. The third-order valence-electron chi connectivity index (χ3n) is 6.52. The van der Waals surface area contributed by atoms with E-state index in [2.05, 4.69) is 25.1 Å². The molecule has 1 fully saturated rings. The molecule has 5 rings (SSSR count). The highest BCUT2D eigenvalue weighted by Crippen LogP contribution is 2.31. The van der Waals surface area contributed by atoms with Gasteiger partial charge in [-0.3, -0.25) is 0 Å². The van der Waals surface area contributed by atoms with Crippen molar-refractivity contribution in [2.45, 2.75) is 32.0 Å². The Morgan fingerprint density at radius 3 is 2.71 bits per heavy atom. The van der Waals surface area contributed by atoms with Crippen LogP contribution in [0.2, 0.25) is 0 Å². The van der Waals surface area contributed by atoms with Crippen LogP contribution >= 0.6 is 12.2 Å². The highest BCUT2D eigenvalue weighted by molar-refractivity contribution is 7.80. The first-order valence-electron chi connectivity index (χ1n) is 11.7. The molecule has 4 aromatic rings. The molecule has 182 valence electrons. The summed E-state index contributed by atoms with van der Waals surface area (Å²) in [7, 11) is 3.29. The Labute approximate surface area is 209 Å². The third-order valence-corrected chi connectivity index (χ3v) is 6.92. The standard InChI is InChI=1S/C25H29N7O2S/c1-33-22-9-5-6-19(23(22)34-2)16-27-25(35)30-13-10-18(11-14-30)24-26-12-15-31(24)17-32-21-8-4-3-7-20(21)28-29-32/h3-9,12,15,18H,10-11,13-14,16-17H2,1-2H3,(H,27,35). The van der Waals surface area contributed by atoms with E-state index in [4.69, 9.17) is 26.7 Å². The van der Waals surface area contributed by atoms with Gasteiger partial charge in [0.25, 0.3) is 0 Å². The van der Waals surface area contributed by atoms with E-state index < -0.39 is 0 Å². The molecule has 2 aromatic heterocycles. The topological polar surface area (TPSA) is 82.3 Å². The van der Waals surface area contributed by atoms with Crippen LogP contribution in [0.4, 0.5) is 0 Å². The summed E-state index contributed by atoms with van der Waals surface area (Å²) >= 11 is 5.70. The number of aromatic nitrogens is 5. The molecule has 0 unspecified atom stereocenters. The molecular weight excluding hydrogens is 462 g/mol. The second-order valence-electron chi connectivity index (χ2n) is 8.55. The Bertz CT molecular complexity index is 1310. The number of para-hydroxylation sites is 2. The number of nitrogens with one attached hydrogen (secondary N) is 1. The van der Waals surface area contributed by atoms with Gasteiger partial charge in [-0.15, -0.1) is 5.10 Å². The van der Waals surface area contributed by atoms with Crippen molar-refractivity contribution < 1.29 is 9.47 Å². The van der Waals surface area contributed by atoms with Crippen molar-refractivity contribution in [2.24, 2.45) is 0 Å². The number of benzene rings is 2. The van der Waals surface area contributed by atoms with Gasteiger partial charge in [0.05, 0.1) is 19.7 Å². The zero-order valence-electron chi connectivity index (χ0n) is 19.9. The minimum Gasteiger partial charge on any atom is -0.493 e. The maximum atomic E-state index is 5.70. The normalized spacial score (nSPS) is 14.3. The second-order valence-corrected chi connectivity index (χ2v) is 8.93. The number of likely N-dealkylation sites (tertiary alicyclic amines) is 1. The number of hydrogen-bond acceptors (Lipinski definition) is 6. The van der Waals surface area contributed by atoms with E-state index in [0.717, 1.165) is 59.2 Å². The van der Waals surface area contributed by atoms with Crippen LogP contribution in [0.25, 0.3) is 11.0 Å². The van der Waals surface area contributed by atoms with Crippen molar-refractivity contribution in [3.8, 4) is 11.5 Å². The van der Waals surface area contributed by atoms with E-state index in [0.29, 0.717) is 24.9 Å². The molecule has 1 aliphatic rings. The number of hydrogen-bond donors (Lipinski definition) is 1. The van der Waals surface area contributed by atoms with Gasteiger partial charge in [-0.05, 0) is 43.3 Å². The molecular formula is C25H29N7O2S. The molecule has 0 bridgehead atoms. The Morgan fingerprint density at radius 2 is 1.91 bits per heavy atom. The number of nitrogens with zero attached hydrogens (tertiary/aromatic N) is 6. The fraction of sp³-hybridized carbons (Fsp3) is 0.360. The molecule has 10 heteroatoms. The molecule has 1 aliphatic heterocycles. The second kappa shape index (κ2) is 10.3. The zero-order chi connectivity index (χ0) is 24.2. The van der Waals surface area contributed by atoms with E-state index in [1.807, 2.05) is 59.5 Å². The molecule has 1 saturated heterocycles. The lowest BCUT2D eigenvalue weighted by Gasteiger charge is -2.33. The minimum absolute atomic E-state index is 0.373. The summed E-state index contributed by atoms with van der Waals surface area (Å²) in [6.45, 7) is 2.93. The predicted octanol–water partition coefficient (Wildman–Crippen LogP) is 3.40. The number of ether oxygens (including phenoxy) is 2. The molecule has 0 spiro atoms. The first-order valence-corrected chi connectivity index (χ1v) is 12.1. The van der Waals surface area contributed by atoms with Gasteiger partial charge in [0.1, 0.15) is 18.0 Å². The van der Waals surface area contributed by atoms with Gasteiger partial charge < -0.3 is 24.3 Å². The number of imidazole rings is 1. The Hall–Kier alpha value is -3.66. The van der Waals surface area contributed by atoms with E-state index in [1.165, 1.54) is 0 Å². The Kier molecular flexibility index (Phi) is 6.80. The molecule has 3 heterocycles. The van der Waals surface area contributed by atoms with Crippen molar-refractivity contribution in [1.29, 1.82) is 0 Å². The van der Waals surface area contributed by atoms with E-state index in [-0.39, 0.29) is 0 Å². The average molecular weight is 492 g/mol. The first kappa shape index (κ1) is 23.1. The summed E-state index contributed by atoms with van der Waals surface area (Å²) in [6, 6.07) is 13.9. The van der Waals surface area contributed by atoms with Crippen molar-refractivity contribution >= 4 is 28.4 Å². The smallest absolute Gasteiger partial charge is 0.169 e. The van der Waals surface area contributed by atoms with Crippen LogP contribution < -0.4 is 14.8 Å². The summed E-state index contributed by atoms with van der Waals surface area (Å²) < 4.78 is 15.0. The minimum atomic E-state index is 0.373. The van der Waals surface area contributed by atoms with Crippen molar-refractivity contribution in [3.05, 3.63) is 66.2 Å². The van der Waals surface area contributed by atoms with Crippen LogP contribution in [0.5, 0.6) is 11.5 Å². The van der Waals surface area contributed by atoms with Gasteiger partial charge in [0.15, 0.2) is 16.6 Å². The lowest BCUT2D eigenvalue weighted by Crippen LogP contribution is -2.44.